The van der Waals surface area contributed by atoms with Crippen LogP contribution in [0.4, 0.5) is 0 Å². The smallest absolute Gasteiger partial charge is 0.332 e. The van der Waals surface area contributed by atoms with Crippen molar-refractivity contribution < 1.29 is 14.3 Å². The number of ether oxygens (including phenoxy) is 2. The minimum Gasteiger partial charge on any atom is -0.454 e. The number of nitrogens with zero attached hydrogens (tertiary/aromatic N) is 1. The monoisotopic (exact) mass is 237 g/mol. The van der Waals surface area contributed by atoms with Crippen molar-refractivity contribution in [3.8, 4) is 0 Å². The second-order valence-corrected chi connectivity index (χ2v) is 4.79. The second-order valence-electron chi connectivity index (χ2n) is 4.79. The van der Waals surface area contributed by atoms with Gasteiger partial charge in [0.05, 0.1) is 11.3 Å². The van der Waals surface area contributed by atoms with Crippen molar-refractivity contribution in [3.05, 3.63) is 30.1 Å². The predicted octanol–water partition coefficient (Wildman–Crippen LogP) is 2.50. The summed E-state index contributed by atoms with van der Waals surface area (Å²) < 4.78 is 10.5. The Bertz CT molecular complexity index is 357. The first kappa shape index (κ1) is 13.6. The molecule has 0 aliphatic carbocycles. The molecule has 17 heavy (non-hydrogen) atoms. The molecule has 4 nitrogen and oxygen atoms in total. The summed E-state index contributed by atoms with van der Waals surface area (Å²) in [6.45, 7) is 7.42. The summed E-state index contributed by atoms with van der Waals surface area (Å²) in [6, 6.07) is 5.50. The highest BCUT2D eigenvalue weighted by molar-refractivity contribution is 5.71. The van der Waals surface area contributed by atoms with Crippen LogP contribution in [0, 0.1) is 0 Å². The van der Waals surface area contributed by atoms with Gasteiger partial charge < -0.3 is 9.47 Å². The second kappa shape index (κ2) is 5.77. The van der Waals surface area contributed by atoms with Gasteiger partial charge in [0.2, 0.25) is 0 Å². The number of carbonyl (C=O) groups is 1. The van der Waals surface area contributed by atoms with Gasteiger partial charge in [-0.25, -0.2) is 4.79 Å². The van der Waals surface area contributed by atoms with E-state index >= 15 is 0 Å². The summed E-state index contributed by atoms with van der Waals surface area (Å²) in [6.07, 6.45) is 1.32. The Labute approximate surface area is 102 Å². The zero-order valence-corrected chi connectivity index (χ0v) is 10.8. The zero-order chi connectivity index (χ0) is 12.9. The number of pyridine rings is 1. The van der Waals surface area contributed by atoms with Gasteiger partial charge in [0.1, 0.15) is 12.7 Å². The van der Waals surface area contributed by atoms with Crippen LogP contribution in [0.15, 0.2) is 24.4 Å². The molecular formula is C13H19NO3. The van der Waals surface area contributed by atoms with Crippen LogP contribution >= 0.6 is 0 Å². The Morgan fingerprint density at radius 2 is 2.12 bits per heavy atom. The third-order valence-corrected chi connectivity index (χ3v) is 2.04. The van der Waals surface area contributed by atoms with E-state index in [-0.39, 0.29) is 24.3 Å². The van der Waals surface area contributed by atoms with Crippen LogP contribution in [0.2, 0.25) is 0 Å². The van der Waals surface area contributed by atoms with E-state index in [0.29, 0.717) is 0 Å². The van der Waals surface area contributed by atoms with Crippen molar-refractivity contribution in [1.29, 1.82) is 0 Å². The first-order valence-electron chi connectivity index (χ1n) is 5.63. The molecule has 0 bridgehead atoms. The SMILES string of the molecule is C[C@H](OC(=O)COC(C)(C)C)c1ccccn1. The van der Waals surface area contributed by atoms with Crippen LogP contribution in [0.5, 0.6) is 0 Å². The van der Waals surface area contributed by atoms with E-state index in [4.69, 9.17) is 9.47 Å². The van der Waals surface area contributed by atoms with Crippen molar-refractivity contribution in [2.24, 2.45) is 0 Å². The highest BCUT2D eigenvalue weighted by Gasteiger charge is 2.16. The van der Waals surface area contributed by atoms with E-state index < -0.39 is 0 Å². The summed E-state index contributed by atoms with van der Waals surface area (Å²) in [5.41, 5.74) is 0.393. The maximum absolute atomic E-state index is 11.5. The maximum Gasteiger partial charge on any atom is 0.332 e. The fourth-order valence-electron chi connectivity index (χ4n) is 1.18. The average Bonchev–Trinajstić information content (AvgIpc) is 2.27. The van der Waals surface area contributed by atoms with Crippen LogP contribution in [0.25, 0.3) is 0 Å². The Hall–Kier alpha value is -1.42. The fourth-order valence-corrected chi connectivity index (χ4v) is 1.18. The number of hydrogen-bond donors (Lipinski definition) is 0. The highest BCUT2D eigenvalue weighted by Crippen LogP contribution is 2.14. The van der Waals surface area contributed by atoms with E-state index in [0.717, 1.165) is 5.69 Å². The number of carbonyl (C=O) groups excluding carboxylic acids is 1. The van der Waals surface area contributed by atoms with Gasteiger partial charge in [0, 0.05) is 6.20 Å². The molecule has 0 saturated heterocycles. The Kier molecular flexibility index (Phi) is 4.63. The van der Waals surface area contributed by atoms with Crippen LogP contribution < -0.4 is 0 Å². The molecule has 1 aromatic heterocycles. The van der Waals surface area contributed by atoms with Gasteiger partial charge in [-0.05, 0) is 39.8 Å². The van der Waals surface area contributed by atoms with Gasteiger partial charge in [-0.1, -0.05) is 6.07 Å². The Balaban J connectivity index is 2.42. The molecule has 0 N–H and O–H groups in total. The van der Waals surface area contributed by atoms with E-state index in [1.165, 1.54) is 0 Å². The number of hydrogen-bond acceptors (Lipinski definition) is 4. The van der Waals surface area contributed by atoms with E-state index in [1.807, 2.05) is 39.0 Å². The van der Waals surface area contributed by atoms with Crippen LogP contribution in [-0.4, -0.2) is 23.2 Å². The van der Waals surface area contributed by atoms with Crippen molar-refractivity contribution in [1.82, 2.24) is 4.98 Å². The number of rotatable bonds is 4. The minimum absolute atomic E-state index is 0.0410. The lowest BCUT2D eigenvalue weighted by atomic mass is 10.2. The molecule has 4 heteroatoms. The topological polar surface area (TPSA) is 48.4 Å². The molecule has 0 saturated carbocycles. The quantitative estimate of drug-likeness (QED) is 0.755. The molecule has 0 aliphatic rings. The molecule has 0 aliphatic heterocycles. The standard InChI is InChI=1S/C13H19NO3/c1-10(11-7-5-6-8-14-11)17-12(15)9-16-13(2,3)4/h5-8,10H,9H2,1-4H3/t10-/m0/s1. The zero-order valence-electron chi connectivity index (χ0n) is 10.8. The molecule has 1 atom stereocenters. The molecule has 0 radical (unpaired) electrons. The molecule has 0 fully saturated rings. The van der Waals surface area contributed by atoms with E-state index in [2.05, 4.69) is 4.98 Å². The van der Waals surface area contributed by atoms with E-state index in [1.54, 1.807) is 13.1 Å². The van der Waals surface area contributed by atoms with E-state index in [9.17, 15) is 4.79 Å². The molecule has 1 heterocycles. The van der Waals surface area contributed by atoms with Gasteiger partial charge in [-0.15, -0.1) is 0 Å². The predicted molar refractivity (Wildman–Crippen MR) is 64.4 cm³/mol. The summed E-state index contributed by atoms with van der Waals surface area (Å²) in [7, 11) is 0. The maximum atomic E-state index is 11.5. The van der Waals surface area contributed by atoms with Crippen LogP contribution in [0.1, 0.15) is 39.5 Å². The average molecular weight is 237 g/mol. The van der Waals surface area contributed by atoms with Gasteiger partial charge in [0.15, 0.2) is 0 Å². The van der Waals surface area contributed by atoms with Gasteiger partial charge in [-0.2, -0.15) is 0 Å². The molecule has 0 aromatic carbocycles. The summed E-state index contributed by atoms with van der Waals surface area (Å²) in [5.74, 6) is -0.377. The van der Waals surface area contributed by atoms with Crippen molar-refractivity contribution in [2.75, 3.05) is 6.61 Å². The fraction of sp³-hybridized carbons (Fsp3) is 0.538. The first-order chi connectivity index (χ1) is 7.88. The largest absolute Gasteiger partial charge is 0.454 e. The molecule has 0 unspecified atom stereocenters. The van der Waals surface area contributed by atoms with Crippen LogP contribution in [0.3, 0.4) is 0 Å². The molecular weight excluding hydrogens is 218 g/mol. The summed E-state index contributed by atoms with van der Waals surface area (Å²) >= 11 is 0. The lowest BCUT2D eigenvalue weighted by Crippen LogP contribution is -2.25. The third-order valence-electron chi connectivity index (χ3n) is 2.04. The molecule has 1 aromatic rings. The molecule has 94 valence electrons. The number of aromatic nitrogens is 1. The highest BCUT2D eigenvalue weighted by atomic mass is 16.6. The minimum atomic E-state index is -0.377. The normalized spacial score (nSPS) is 13.2. The third kappa shape index (κ3) is 5.45. The Morgan fingerprint density at radius 3 is 2.65 bits per heavy atom. The van der Waals surface area contributed by atoms with Crippen molar-refractivity contribution in [3.63, 3.8) is 0 Å². The van der Waals surface area contributed by atoms with Crippen molar-refractivity contribution >= 4 is 5.97 Å². The van der Waals surface area contributed by atoms with Gasteiger partial charge in [-0.3, -0.25) is 4.98 Å². The van der Waals surface area contributed by atoms with Gasteiger partial charge >= 0.3 is 5.97 Å². The first-order valence-corrected chi connectivity index (χ1v) is 5.63. The van der Waals surface area contributed by atoms with Crippen LogP contribution in [-0.2, 0) is 14.3 Å². The number of esters is 1. The lowest BCUT2D eigenvalue weighted by Gasteiger charge is -2.19. The van der Waals surface area contributed by atoms with Gasteiger partial charge in [0.25, 0.3) is 0 Å². The lowest BCUT2D eigenvalue weighted by molar-refractivity contribution is -0.159. The van der Waals surface area contributed by atoms with Crippen molar-refractivity contribution in [2.45, 2.75) is 39.4 Å². The molecule has 1 rings (SSSR count). The Morgan fingerprint density at radius 1 is 1.41 bits per heavy atom. The molecule has 0 spiro atoms. The summed E-state index contributed by atoms with van der Waals surface area (Å²) in [5, 5.41) is 0. The summed E-state index contributed by atoms with van der Waals surface area (Å²) in [4.78, 5) is 15.6. The molecule has 0 amide bonds.